The Balaban J connectivity index is 1.68. The lowest BCUT2D eigenvalue weighted by Crippen LogP contribution is -2.33. The number of pyridine rings is 1. The molecule has 0 radical (unpaired) electrons. The number of hydrogen-bond donors (Lipinski definition) is 2. The number of aryl methyl sites for hydroxylation is 2. The van der Waals surface area contributed by atoms with Gasteiger partial charge in [0.2, 0.25) is 5.95 Å². The van der Waals surface area contributed by atoms with Gasteiger partial charge in [-0.05, 0) is 70.3 Å². The minimum Gasteiger partial charge on any atom is -0.496 e. The zero-order valence-corrected chi connectivity index (χ0v) is 26.0. The number of nitrogens with zero attached hydrogens (tertiary/aromatic N) is 5. The fourth-order valence-corrected chi connectivity index (χ4v) is 5.69. The van der Waals surface area contributed by atoms with Gasteiger partial charge in [-0.3, -0.25) is 4.79 Å². The smallest absolute Gasteiger partial charge is 0.326 e. The van der Waals surface area contributed by atoms with Crippen LogP contribution in [0.5, 0.6) is 5.75 Å². The molecule has 0 amide bonds. The Hall–Kier alpha value is -4.25. The Morgan fingerprint density at radius 2 is 1.81 bits per heavy atom. The van der Waals surface area contributed by atoms with Crippen molar-refractivity contribution in [2.24, 2.45) is 0 Å². The molecule has 0 spiro atoms. The van der Waals surface area contributed by atoms with Gasteiger partial charge in [-0.2, -0.15) is 9.36 Å². The SMILES string of the molecule is CCN(CC)c1ncc(-c2c(C)nsc2C)c(N[C@@H](Cc2ccc(-c3c(OC)ccn(C(C)C)c3=O)cc2)C(=O)O)n1. The molecule has 3 heterocycles. The van der Waals surface area contributed by atoms with Crippen molar-refractivity contribution in [3.8, 4) is 28.0 Å². The molecule has 1 atom stereocenters. The highest BCUT2D eigenvalue weighted by atomic mass is 32.1. The molecule has 2 N–H and O–H groups in total. The lowest BCUT2D eigenvalue weighted by atomic mass is 10.00. The summed E-state index contributed by atoms with van der Waals surface area (Å²) in [6, 6.07) is 8.16. The molecule has 1 aromatic carbocycles. The average Bonchev–Trinajstić information content (AvgIpc) is 3.30. The van der Waals surface area contributed by atoms with Gasteiger partial charge in [-0.25, -0.2) is 9.78 Å². The summed E-state index contributed by atoms with van der Waals surface area (Å²) >= 11 is 1.39. The fourth-order valence-electron chi connectivity index (χ4n) is 4.98. The number of nitrogens with one attached hydrogen (secondary N) is 1. The molecule has 10 nitrogen and oxygen atoms in total. The van der Waals surface area contributed by atoms with E-state index < -0.39 is 12.0 Å². The van der Waals surface area contributed by atoms with Crippen molar-refractivity contribution < 1.29 is 14.6 Å². The minimum absolute atomic E-state index is 0.00444. The lowest BCUT2D eigenvalue weighted by molar-refractivity contribution is -0.137. The Morgan fingerprint density at radius 1 is 1.12 bits per heavy atom. The van der Waals surface area contributed by atoms with Crippen LogP contribution in [-0.2, 0) is 11.2 Å². The van der Waals surface area contributed by atoms with Gasteiger partial charge in [-0.1, -0.05) is 24.3 Å². The van der Waals surface area contributed by atoms with Gasteiger partial charge in [0, 0.05) is 53.9 Å². The number of aliphatic carboxylic acids is 1. The van der Waals surface area contributed by atoms with Crippen LogP contribution in [0, 0.1) is 13.8 Å². The van der Waals surface area contributed by atoms with Crippen LogP contribution in [0.2, 0.25) is 0 Å². The zero-order valence-electron chi connectivity index (χ0n) is 25.1. The Morgan fingerprint density at radius 3 is 2.36 bits per heavy atom. The number of carboxylic acid groups (broad SMARTS) is 1. The second kappa shape index (κ2) is 13.2. The van der Waals surface area contributed by atoms with Gasteiger partial charge in [-0.15, -0.1) is 0 Å². The Labute approximate surface area is 250 Å². The van der Waals surface area contributed by atoms with E-state index in [9.17, 15) is 14.7 Å². The van der Waals surface area contributed by atoms with Crippen LogP contribution in [0.15, 0.2) is 47.5 Å². The summed E-state index contributed by atoms with van der Waals surface area (Å²) in [6.07, 6.45) is 3.67. The first-order valence-electron chi connectivity index (χ1n) is 14.0. The lowest BCUT2D eigenvalue weighted by Gasteiger charge is -2.22. The van der Waals surface area contributed by atoms with Crippen molar-refractivity contribution in [2.45, 2.75) is 60.0 Å². The first-order valence-corrected chi connectivity index (χ1v) is 14.8. The van der Waals surface area contributed by atoms with E-state index >= 15 is 0 Å². The summed E-state index contributed by atoms with van der Waals surface area (Å²) in [4.78, 5) is 38.1. The van der Waals surface area contributed by atoms with Crippen molar-refractivity contribution in [1.29, 1.82) is 0 Å². The van der Waals surface area contributed by atoms with E-state index in [0.29, 0.717) is 34.2 Å². The molecule has 42 heavy (non-hydrogen) atoms. The van der Waals surface area contributed by atoms with Gasteiger partial charge in [0.1, 0.15) is 17.6 Å². The second-order valence-electron chi connectivity index (χ2n) is 10.3. The number of carboxylic acids is 1. The molecule has 222 valence electrons. The molecule has 3 aromatic heterocycles. The predicted molar refractivity (Wildman–Crippen MR) is 168 cm³/mol. The molecule has 0 saturated carbocycles. The molecule has 0 aliphatic rings. The van der Waals surface area contributed by atoms with E-state index in [4.69, 9.17) is 9.72 Å². The topological polar surface area (TPSA) is 122 Å². The molecule has 0 aliphatic heterocycles. The number of rotatable bonds is 12. The van der Waals surface area contributed by atoms with Gasteiger partial charge in [0.05, 0.1) is 18.4 Å². The summed E-state index contributed by atoms with van der Waals surface area (Å²) in [5, 5.41) is 13.4. The van der Waals surface area contributed by atoms with Crippen LogP contribution in [0.4, 0.5) is 11.8 Å². The molecule has 0 saturated heterocycles. The maximum Gasteiger partial charge on any atom is 0.326 e. The number of carbonyl (C=O) groups is 1. The predicted octanol–water partition coefficient (Wildman–Crippen LogP) is 5.59. The van der Waals surface area contributed by atoms with Gasteiger partial charge in [0.15, 0.2) is 0 Å². The van der Waals surface area contributed by atoms with Crippen LogP contribution in [-0.4, -0.2) is 56.2 Å². The van der Waals surface area contributed by atoms with Crippen molar-refractivity contribution in [3.63, 3.8) is 0 Å². The fraction of sp³-hybridized carbons (Fsp3) is 0.387. The molecule has 4 aromatic rings. The quantitative estimate of drug-likeness (QED) is 0.217. The highest BCUT2D eigenvalue weighted by molar-refractivity contribution is 7.06. The van der Waals surface area contributed by atoms with E-state index in [1.54, 1.807) is 23.0 Å². The van der Waals surface area contributed by atoms with Crippen molar-refractivity contribution in [2.75, 3.05) is 30.4 Å². The molecule has 0 fully saturated rings. The second-order valence-corrected chi connectivity index (χ2v) is 11.3. The maximum atomic E-state index is 13.2. The molecular weight excluding hydrogens is 552 g/mol. The third-order valence-corrected chi connectivity index (χ3v) is 8.12. The standard InChI is InChI=1S/C31H38N6O4S/c1-8-36(9-2)31-32-17-23(26-19(5)35-42-20(26)6)28(34-31)33-24(30(39)40)16-21-10-12-22(13-11-21)27-25(41-7)14-15-37(18(3)4)29(27)38/h10-15,17-18,24H,8-9,16H2,1-7H3,(H,39,40)(H,32,33,34)/t24-/m0/s1. The van der Waals surface area contributed by atoms with E-state index in [2.05, 4.69) is 14.7 Å². The molecule has 0 aliphatic carbocycles. The highest BCUT2D eigenvalue weighted by Gasteiger charge is 2.24. The first kappa shape index (κ1) is 30.7. The molecular formula is C31H38N6O4S. The maximum absolute atomic E-state index is 13.2. The number of benzene rings is 1. The molecule has 0 unspecified atom stereocenters. The summed E-state index contributed by atoms with van der Waals surface area (Å²) in [5.74, 6) is 0.464. The number of hydrogen-bond acceptors (Lipinski definition) is 9. The number of methoxy groups -OCH3 is 1. The van der Waals surface area contributed by atoms with Crippen LogP contribution < -0.4 is 20.5 Å². The Bertz CT molecular complexity index is 1590. The van der Waals surface area contributed by atoms with E-state index in [-0.39, 0.29) is 18.0 Å². The zero-order chi connectivity index (χ0) is 30.6. The summed E-state index contributed by atoms with van der Waals surface area (Å²) in [5.41, 5.74) is 4.29. The molecule has 11 heteroatoms. The van der Waals surface area contributed by atoms with E-state index in [0.717, 1.165) is 34.8 Å². The van der Waals surface area contributed by atoms with Crippen LogP contribution >= 0.6 is 11.5 Å². The van der Waals surface area contributed by atoms with Gasteiger partial charge in [0.25, 0.3) is 5.56 Å². The van der Waals surface area contributed by atoms with Gasteiger partial charge >= 0.3 is 5.97 Å². The number of ether oxygens (including phenoxy) is 1. The molecule has 4 rings (SSSR count). The normalized spacial score (nSPS) is 11.9. The van der Waals surface area contributed by atoms with Crippen LogP contribution in [0.1, 0.15) is 49.9 Å². The summed E-state index contributed by atoms with van der Waals surface area (Å²) in [6.45, 7) is 13.3. The number of anilines is 2. The minimum atomic E-state index is -1.01. The average molecular weight is 591 g/mol. The van der Waals surface area contributed by atoms with Gasteiger partial charge < -0.3 is 24.6 Å². The monoisotopic (exact) mass is 590 g/mol. The van der Waals surface area contributed by atoms with Crippen molar-refractivity contribution in [3.05, 3.63) is 69.2 Å². The first-order chi connectivity index (χ1) is 20.1. The van der Waals surface area contributed by atoms with Crippen molar-refractivity contribution >= 4 is 29.3 Å². The van der Waals surface area contributed by atoms with E-state index in [1.165, 1.54) is 18.6 Å². The summed E-state index contributed by atoms with van der Waals surface area (Å²) in [7, 11) is 1.54. The molecule has 0 bridgehead atoms. The summed E-state index contributed by atoms with van der Waals surface area (Å²) < 4.78 is 11.6. The largest absolute Gasteiger partial charge is 0.496 e. The number of aromatic nitrogens is 4. The van der Waals surface area contributed by atoms with Crippen LogP contribution in [0.25, 0.3) is 22.3 Å². The third kappa shape index (κ3) is 6.30. The highest BCUT2D eigenvalue weighted by Crippen LogP contribution is 2.35. The third-order valence-electron chi connectivity index (χ3n) is 7.27. The van der Waals surface area contributed by atoms with Crippen LogP contribution in [0.3, 0.4) is 0 Å². The van der Waals surface area contributed by atoms with Crippen molar-refractivity contribution in [1.82, 2.24) is 18.9 Å². The Kier molecular flexibility index (Phi) is 9.62. The van der Waals surface area contributed by atoms with E-state index in [1.807, 2.05) is 70.7 Å².